The zero-order chi connectivity index (χ0) is 11.4. The molecule has 0 bridgehead atoms. The second-order valence-corrected chi connectivity index (χ2v) is 5.04. The number of halogens is 1. The van der Waals surface area contributed by atoms with Crippen molar-refractivity contribution in [1.82, 2.24) is 5.32 Å². The van der Waals surface area contributed by atoms with Gasteiger partial charge in [-0.2, -0.15) is 0 Å². The smallest absolute Gasteiger partial charge is 0.0960 e. The molecule has 1 aliphatic rings. The summed E-state index contributed by atoms with van der Waals surface area (Å²) in [7, 11) is 0. The van der Waals surface area contributed by atoms with E-state index in [1.807, 2.05) is 6.07 Å². The third kappa shape index (κ3) is 2.84. The molecule has 1 saturated heterocycles. The number of hydrogen-bond acceptors (Lipinski definition) is 2. The SMILES string of the molecule is CCC1CCOC(c2ccccc2Br)CN1. The molecule has 2 atom stereocenters. The highest BCUT2D eigenvalue weighted by atomic mass is 79.9. The van der Waals surface area contributed by atoms with Crippen LogP contribution in [0.1, 0.15) is 31.4 Å². The molecule has 1 aromatic rings. The molecule has 3 heteroatoms. The first kappa shape index (κ1) is 12.1. The van der Waals surface area contributed by atoms with E-state index < -0.39 is 0 Å². The summed E-state index contributed by atoms with van der Waals surface area (Å²) in [6, 6.07) is 8.90. The minimum absolute atomic E-state index is 0.173. The Bertz CT molecular complexity index is 342. The Labute approximate surface area is 106 Å². The van der Waals surface area contributed by atoms with Crippen LogP contribution in [0.4, 0.5) is 0 Å². The minimum atomic E-state index is 0.173. The molecule has 0 aromatic heterocycles. The predicted molar refractivity (Wildman–Crippen MR) is 69.5 cm³/mol. The quantitative estimate of drug-likeness (QED) is 0.900. The van der Waals surface area contributed by atoms with Gasteiger partial charge in [-0.3, -0.25) is 0 Å². The number of benzene rings is 1. The molecule has 88 valence electrons. The van der Waals surface area contributed by atoms with E-state index in [2.05, 4.69) is 46.4 Å². The van der Waals surface area contributed by atoms with E-state index in [4.69, 9.17) is 4.74 Å². The normalized spacial score (nSPS) is 26.4. The van der Waals surface area contributed by atoms with Gasteiger partial charge in [0, 0.05) is 23.7 Å². The average Bonchev–Trinajstić information content (AvgIpc) is 2.55. The van der Waals surface area contributed by atoms with Gasteiger partial charge in [0.2, 0.25) is 0 Å². The van der Waals surface area contributed by atoms with Crippen LogP contribution in [0, 0.1) is 0 Å². The lowest BCUT2D eigenvalue weighted by molar-refractivity contribution is 0.0659. The largest absolute Gasteiger partial charge is 0.372 e. The molecule has 16 heavy (non-hydrogen) atoms. The molecule has 2 nitrogen and oxygen atoms in total. The van der Waals surface area contributed by atoms with Gasteiger partial charge in [0.25, 0.3) is 0 Å². The summed E-state index contributed by atoms with van der Waals surface area (Å²) in [4.78, 5) is 0. The molecule has 2 rings (SSSR count). The van der Waals surface area contributed by atoms with Crippen LogP contribution in [0.3, 0.4) is 0 Å². The first-order valence-electron chi connectivity index (χ1n) is 5.90. The summed E-state index contributed by atoms with van der Waals surface area (Å²) in [5.74, 6) is 0. The van der Waals surface area contributed by atoms with Gasteiger partial charge >= 0.3 is 0 Å². The molecule has 0 radical (unpaired) electrons. The zero-order valence-corrected chi connectivity index (χ0v) is 11.2. The summed E-state index contributed by atoms with van der Waals surface area (Å²) in [6.45, 7) is 3.97. The van der Waals surface area contributed by atoms with Crippen LogP contribution in [0.15, 0.2) is 28.7 Å². The van der Waals surface area contributed by atoms with E-state index in [1.165, 1.54) is 12.0 Å². The first-order valence-corrected chi connectivity index (χ1v) is 6.70. The van der Waals surface area contributed by atoms with Crippen molar-refractivity contribution in [2.75, 3.05) is 13.2 Å². The number of rotatable bonds is 2. The third-order valence-corrected chi connectivity index (χ3v) is 3.84. The predicted octanol–water partition coefficient (Wildman–Crippen LogP) is 3.28. The van der Waals surface area contributed by atoms with Crippen molar-refractivity contribution in [1.29, 1.82) is 0 Å². The number of ether oxygens (including phenoxy) is 1. The molecule has 0 amide bonds. The van der Waals surface area contributed by atoms with Crippen LogP contribution in [0.5, 0.6) is 0 Å². The molecule has 0 saturated carbocycles. The van der Waals surface area contributed by atoms with Gasteiger partial charge in [0.15, 0.2) is 0 Å². The van der Waals surface area contributed by atoms with Crippen LogP contribution in [0.25, 0.3) is 0 Å². The van der Waals surface area contributed by atoms with E-state index in [0.717, 1.165) is 24.0 Å². The highest BCUT2D eigenvalue weighted by Gasteiger charge is 2.20. The molecule has 0 spiro atoms. The van der Waals surface area contributed by atoms with E-state index >= 15 is 0 Å². The molecule has 1 aliphatic heterocycles. The van der Waals surface area contributed by atoms with Gasteiger partial charge in [-0.05, 0) is 24.5 Å². The zero-order valence-electron chi connectivity index (χ0n) is 9.58. The average molecular weight is 284 g/mol. The fourth-order valence-electron chi connectivity index (χ4n) is 2.07. The lowest BCUT2D eigenvalue weighted by Gasteiger charge is -2.17. The fraction of sp³-hybridized carbons (Fsp3) is 0.538. The first-order chi connectivity index (χ1) is 7.81. The van der Waals surface area contributed by atoms with E-state index in [9.17, 15) is 0 Å². The van der Waals surface area contributed by atoms with Crippen LogP contribution in [0.2, 0.25) is 0 Å². The van der Waals surface area contributed by atoms with Gasteiger partial charge in [-0.15, -0.1) is 0 Å². The van der Waals surface area contributed by atoms with Gasteiger partial charge < -0.3 is 10.1 Å². The molecule has 1 fully saturated rings. The lowest BCUT2D eigenvalue weighted by Crippen LogP contribution is -2.29. The van der Waals surface area contributed by atoms with Crippen LogP contribution in [-0.2, 0) is 4.74 Å². The molecular weight excluding hydrogens is 266 g/mol. The minimum Gasteiger partial charge on any atom is -0.372 e. The molecule has 1 aromatic carbocycles. The Kier molecular flexibility index (Phi) is 4.38. The summed E-state index contributed by atoms with van der Waals surface area (Å²) < 4.78 is 7.05. The van der Waals surface area contributed by atoms with Crippen molar-refractivity contribution in [3.63, 3.8) is 0 Å². The molecule has 2 unspecified atom stereocenters. The monoisotopic (exact) mass is 283 g/mol. The Morgan fingerprint density at radius 2 is 2.25 bits per heavy atom. The van der Waals surface area contributed by atoms with Crippen molar-refractivity contribution >= 4 is 15.9 Å². The van der Waals surface area contributed by atoms with Gasteiger partial charge in [0.1, 0.15) is 0 Å². The number of hydrogen-bond donors (Lipinski definition) is 1. The van der Waals surface area contributed by atoms with Crippen molar-refractivity contribution in [2.24, 2.45) is 0 Å². The topological polar surface area (TPSA) is 21.3 Å². The van der Waals surface area contributed by atoms with Crippen molar-refractivity contribution < 1.29 is 4.74 Å². The van der Waals surface area contributed by atoms with E-state index in [0.29, 0.717) is 6.04 Å². The van der Waals surface area contributed by atoms with Crippen molar-refractivity contribution in [3.05, 3.63) is 34.3 Å². The molecule has 1 heterocycles. The van der Waals surface area contributed by atoms with Crippen molar-refractivity contribution in [3.8, 4) is 0 Å². The summed E-state index contributed by atoms with van der Waals surface area (Å²) in [5.41, 5.74) is 1.24. The molecular formula is C13H18BrNO. The summed E-state index contributed by atoms with van der Waals surface area (Å²) in [6.07, 6.45) is 2.45. The van der Waals surface area contributed by atoms with Gasteiger partial charge in [0.05, 0.1) is 6.10 Å². The highest BCUT2D eigenvalue weighted by Crippen LogP contribution is 2.27. The van der Waals surface area contributed by atoms with Crippen molar-refractivity contribution in [2.45, 2.75) is 31.9 Å². The van der Waals surface area contributed by atoms with Crippen LogP contribution in [-0.4, -0.2) is 19.2 Å². The second kappa shape index (κ2) is 5.80. The summed E-state index contributed by atoms with van der Waals surface area (Å²) in [5, 5.41) is 3.56. The standard InChI is InChI=1S/C13H18BrNO/c1-2-10-7-8-16-13(9-15-10)11-5-3-4-6-12(11)14/h3-6,10,13,15H,2,7-9H2,1H3. The molecule has 1 N–H and O–H groups in total. The third-order valence-electron chi connectivity index (χ3n) is 3.12. The van der Waals surface area contributed by atoms with Crippen LogP contribution >= 0.6 is 15.9 Å². The van der Waals surface area contributed by atoms with E-state index in [1.54, 1.807) is 0 Å². The Morgan fingerprint density at radius 3 is 3.00 bits per heavy atom. The maximum absolute atomic E-state index is 5.91. The Balaban J connectivity index is 2.08. The fourth-order valence-corrected chi connectivity index (χ4v) is 2.61. The number of nitrogens with one attached hydrogen (secondary N) is 1. The maximum Gasteiger partial charge on any atom is 0.0960 e. The van der Waals surface area contributed by atoms with Gasteiger partial charge in [-0.1, -0.05) is 41.1 Å². The Morgan fingerprint density at radius 1 is 1.44 bits per heavy atom. The maximum atomic E-state index is 5.91. The second-order valence-electron chi connectivity index (χ2n) is 4.18. The molecule has 0 aliphatic carbocycles. The highest BCUT2D eigenvalue weighted by molar-refractivity contribution is 9.10. The summed E-state index contributed by atoms with van der Waals surface area (Å²) >= 11 is 3.58. The van der Waals surface area contributed by atoms with E-state index in [-0.39, 0.29) is 6.10 Å². The van der Waals surface area contributed by atoms with Gasteiger partial charge in [-0.25, -0.2) is 0 Å². The Hall–Kier alpha value is -0.380. The lowest BCUT2D eigenvalue weighted by atomic mass is 10.1. The van der Waals surface area contributed by atoms with Crippen LogP contribution < -0.4 is 5.32 Å².